The van der Waals surface area contributed by atoms with Gasteiger partial charge in [0.15, 0.2) is 16.7 Å². The van der Waals surface area contributed by atoms with Crippen LogP contribution >= 0.6 is 12.2 Å². The van der Waals surface area contributed by atoms with Crippen LogP contribution in [-0.2, 0) is 6.42 Å². The van der Waals surface area contributed by atoms with E-state index in [1.807, 2.05) is 31.2 Å². The predicted molar refractivity (Wildman–Crippen MR) is 89.9 cm³/mol. The Labute approximate surface area is 134 Å². The SMILES string of the molecule is CCc1ccc(NC(=S)N[C@H](C)c2ccc(F)c(F)c2)cc1. The van der Waals surface area contributed by atoms with Crippen LogP contribution in [0.3, 0.4) is 0 Å². The lowest BCUT2D eigenvalue weighted by molar-refractivity contribution is 0.505. The number of halogens is 2. The van der Waals surface area contributed by atoms with Gasteiger partial charge in [-0.05, 0) is 61.0 Å². The molecule has 2 N–H and O–H groups in total. The van der Waals surface area contributed by atoms with E-state index < -0.39 is 11.6 Å². The lowest BCUT2D eigenvalue weighted by Crippen LogP contribution is -2.30. The van der Waals surface area contributed by atoms with Crippen LogP contribution in [0.2, 0.25) is 0 Å². The molecule has 5 heteroatoms. The number of rotatable bonds is 4. The Morgan fingerprint density at radius 2 is 1.77 bits per heavy atom. The van der Waals surface area contributed by atoms with Crippen molar-refractivity contribution in [1.82, 2.24) is 5.32 Å². The Bertz CT molecular complexity index is 656. The summed E-state index contributed by atoms with van der Waals surface area (Å²) in [6.07, 6.45) is 0.982. The maximum Gasteiger partial charge on any atom is 0.171 e. The molecule has 2 aromatic rings. The zero-order chi connectivity index (χ0) is 16.1. The van der Waals surface area contributed by atoms with E-state index in [-0.39, 0.29) is 6.04 Å². The quantitative estimate of drug-likeness (QED) is 0.807. The molecule has 2 nitrogen and oxygen atoms in total. The van der Waals surface area contributed by atoms with Gasteiger partial charge in [0.1, 0.15) is 0 Å². The molecule has 0 aliphatic heterocycles. The van der Waals surface area contributed by atoms with Gasteiger partial charge in [-0.1, -0.05) is 25.1 Å². The fourth-order valence-corrected chi connectivity index (χ4v) is 2.35. The van der Waals surface area contributed by atoms with Crippen molar-refractivity contribution in [1.29, 1.82) is 0 Å². The smallest absolute Gasteiger partial charge is 0.171 e. The molecular formula is C17H18F2N2S. The van der Waals surface area contributed by atoms with Gasteiger partial charge in [-0.15, -0.1) is 0 Å². The molecule has 116 valence electrons. The van der Waals surface area contributed by atoms with Crippen LogP contribution in [-0.4, -0.2) is 5.11 Å². The minimum Gasteiger partial charge on any atom is -0.356 e. The van der Waals surface area contributed by atoms with Crippen molar-refractivity contribution < 1.29 is 8.78 Å². The first kappa shape index (κ1) is 16.4. The molecule has 0 bridgehead atoms. The molecule has 0 aromatic heterocycles. The summed E-state index contributed by atoms with van der Waals surface area (Å²) < 4.78 is 26.2. The van der Waals surface area contributed by atoms with Crippen molar-refractivity contribution in [3.8, 4) is 0 Å². The first-order valence-electron chi connectivity index (χ1n) is 7.11. The maximum absolute atomic E-state index is 13.2. The standard InChI is InChI=1S/C17H18F2N2S/c1-3-12-4-7-14(8-5-12)21-17(22)20-11(2)13-6-9-15(18)16(19)10-13/h4-11H,3H2,1-2H3,(H2,20,21,22)/t11-/m1/s1. The first-order valence-corrected chi connectivity index (χ1v) is 7.52. The zero-order valence-electron chi connectivity index (χ0n) is 12.5. The largest absolute Gasteiger partial charge is 0.356 e. The summed E-state index contributed by atoms with van der Waals surface area (Å²) in [5.41, 5.74) is 2.76. The van der Waals surface area contributed by atoms with Crippen LogP contribution in [0.25, 0.3) is 0 Å². The highest BCUT2D eigenvalue weighted by Crippen LogP contribution is 2.16. The summed E-state index contributed by atoms with van der Waals surface area (Å²) in [6, 6.07) is 11.6. The molecule has 0 unspecified atom stereocenters. The molecule has 0 amide bonds. The molecule has 2 rings (SSSR count). The summed E-state index contributed by atoms with van der Waals surface area (Å²) in [5.74, 6) is -1.71. The summed E-state index contributed by atoms with van der Waals surface area (Å²) in [7, 11) is 0. The number of thiocarbonyl (C=S) groups is 1. The lowest BCUT2D eigenvalue weighted by atomic mass is 10.1. The normalized spacial score (nSPS) is 11.8. The average Bonchev–Trinajstić information content (AvgIpc) is 2.50. The third-order valence-corrected chi connectivity index (χ3v) is 3.63. The third-order valence-electron chi connectivity index (χ3n) is 3.41. The van der Waals surface area contributed by atoms with Crippen LogP contribution < -0.4 is 10.6 Å². The van der Waals surface area contributed by atoms with Gasteiger partial charge >= 0.3 is 0 Å². The molecule has 0 aliphatic rings. The van der Waals surface area contributed by atoms with Gasteiger partial charge in [0.2, 0.25) is 0 Å². The molecule has 0 spiro atoms. The van der Waals surface area contributed by atoms with Crippen LogP contribution in [0.15, 0.2) is 42.5 Å². The number of nitrogens with one attached hydrogen (secondary N) is 2. The topological polar surface area (TPSA) is 24.1 Å². The van der Waals surface area contributed by atoms with E-state index in [0.717, 1.165) is 18.2 Å². The second-order valence-electron chi connectivity index (χ2n) is 5.04. The molecule has 0 saturated heterocycles. The van der Waals surface area contributed by atoms with E-state index in [1.54, 1.807) is 0 Å². The van der Waals surface area contributed by atoms with Crippen molar-refractivity contribution in [2.75, 3.05) is 5.32 Å². The molecule has 0 radical (unpaired) electrons. The monoisotopic (exact) mass is 320 g/mol. The number of benzene rings is 2. The van der Waals surface area contributed by atoms with Crippen molar-refractivity contribution in [2.45, 2.75) is 26.3 Å². The van der Waals surface area contributed by atoms with Crippen LogP contribution in [0.4, 0.5) is 14.5 Å². The molecule has 2 aromatic carbocycles. The molecule has 0 fully saturated rings. The highest BCUT2D eigenvalue weighted by Gasteiger charge is 2.10. The summed E-state index contributed by atoms with van der Waals surface area (Å²) in [5, 5.41) is 6.56. The third kappa shape index (κ3) is 4.24. The van der Waals surface area contributed by atoms with Crippen LogP contribution in [0.5, 0.6) is 0 Å². The molecule has 1 atom stereocenters. The minimum absolute atomic E-state index is 0.231. The number of hydrogen-bond donors (Lipinski definition) is 2. The van der Waals surface area contributed by atoms with Crippen LogP contribution in [0, 0.1) is 11.6 Å². The Hall–Kier alpha value is -2.01. The molecular weight excluding hydrogens is 302 g/mol. The van der Waals surface area contributed by atoms with Gasteiger partial charge in [-0.25, -0.2) is 8.78 Å². The van der Waals surface area contributed by atoms with E-state index in [0.29, 0.717) is 10.7 Å². The minimum atomic E-state index is -0.861. The molecule has 0 aliphatic carbocycles. The lowest BCUT2D eigenvalue weighted by Gasteiger charge is -2.17. The predicted octanol–water partition coefficient (Wildman–Crippen LogP) is 4.57. The Morgan fingerprint density at radius 1 is 1.09 bits per heavy atom. The Balaban J connectivity index is 1.96. The van der Waals surface area contributed by atoms with Gasteiger partial charge in [0, 0.05) is 5.69 Å². The zero-order valence-corrected chi connectivity index (χ0v) is 13.3. The Morgan fingerprint density at radius 3 is 2.36 bits per heavy atom. The number of hydrogen-bond acceptors (Lipinski definition) is 1. The fourth-order valence-electron chi connectivity index (χ4n) is 2.05. The van der Waals surface area contributed by atoms with Gasteiger partial charge in [0.25, 0.3) is 0 Å². The number of anilines is 1. The summed E-state index contributed by atoms with van der Waals surface area (Å²) in [4.78, 5) is 0. The maximum atomic E-state index is 13.2. The van der Waals surface area contributed by atoms with Gasteiger partial charge < -0.3 is 10.6 Å². The van der Waals surface area contributed by atoms with E-state index >= 15 is 0 Å². The highest BCUT2D eigenvalue weighted by molar-refractivity contribution is 7.80. The molecule has 0 heterocycles. The summed E-state index contributed by atoms with van der Waals surface area (Å²) in [6.45, 7) is 3.93. The van der Waals surface area contributed by atoms with Crippen molar-refractivity contribution in [3.05, 3.63) is 65.2 Å². The highest BCUT2D eigenvalue weighted by atomic mass is 32.1. The van der Waals surface area contributed by atoms with E-state index in [4.69, 9.17) is 12.2 Å². The fraction of sp³-hybridized carbons (Fsp3) is 0.235. The van der Waals surface area contributed by atoms with E-state index in [9.17, 15) is 8.78 Å². The average molecular weight is 320 g/mol. The summed E-state index contributed by atoms with van der Waals surface area (Å²) >= 11 is 5.24. The number of aryl methyl sites for hydroxylation is 1. The second-order valence-corrected chi connectivity index (χ2v) is 5.45. The van der Waals surface area contributed by atoms with Crippen LogP contribution in [0.1, 0.15) is 31.0 Å². The van der Waals surface area contributed by atoms with Gasteiger partial charge in [0.05, 0.1) is 6.04 Å². The van der Waals surface area contributed by atoms with E-state index in [2.05, 4.69) is 17.6 Å². The van der Waals surface area contributed by atoms with Gasteiger partial charge in [-0.3, -0.25) is 0 Å². The second kappa shape index (κ2) is 7.31. The van der Waals surface area contributed by atoms with Crippen molar-refractivity contribution in [2.24, 2.45) is 0 Å². The molecule has 22 heavy (non-hydrogen) atoms. The van der Waals surface area contributed by atoms with E-state index in [1.165, 1.54) is 17.7 Å². The van der Waals surface area contributed by atoms with Crippen molar-refractivity contribution in [3.63, 3.8) is 0 Å². The molecule has 0 saturated carbocycles. The van der Waals surface area contributed by atoms with Gasteiger partial charge in [-0.2, -0.15) is 0 Å². The van der Waals surface area contributed by atoms with Crippen molar-refractivity contribution >= 4 is 23.0 Å². The first-order chi connectivity index (χ1) is 10.5. The Kier molecular flexibility index (Phi) is 5.44.